The van der Waals surface area contributed by atoms with Crippen molar-refractivity contribution in [3.05, 3.63) is 35.9 Å². The van der Waals surface area contributed by atoms with E-state index in [2.05, 4.69) is 15.0 Å². The number of aliphatic imine (C=N–C) groups is 1. The first-order chi connectivity index (χ1) is 9.04. The highest BCUT2D eigenvalue weighted by atomic mass is 16.5. The van der Waals surface area contributed by atoms with Gasteiger partial charge in [0.15, 0.2) is 0 Å². The maximum atomic E-state index is 11.8. The number of ether oxygens (including phenoxy) is 1. The van der Waals surface area contributed by atoms with Crippen LogP contribution in [-0.4, -0.2) is 37.4 Å². The third-order valence-corrected chi connectivity index (χ3v) is 2.34. The van der Waals surface area contributed by atoms with E-state index >= 15 is 0 Å². The molecule has 0 aliphatic carbocycles. The van der Waals surface area contributed by atoms with E-state index < -0.39 is 5.97 Å². The molecule has 0 aromatic heterocycles. The molecule has 0 unspecified atom stereocenters. The summed E-state index contributed by atoms with van der Waals surface area (Å²) in [4.78, 5) is 26.7. The van der Waals surface area contributed by atoms with Gasteiger partial charge in [-0.25, -0.2) is 4.79 Å². The average Bonchev–Trinajstić information content (AvgIpc) is 2.44. The molecule has 1 aromatic carbocycles. The van der Waals surface area contributed by atoms with Gasteiger partial charge in [-0.3, -0.25) is 9.79 Å². The van der Waals surface area contributed by atoms with Crippen molar-refractivity contribution in [1.82, 2.24) is 5.32 Å². The zero-order valence-electron chi connectivity index (χ0n) is 10.9. The number of nitrogens with zero attached hydrogens (tertiary/aromatic N) is 1. The first-order valence-electron chi connectivity index (χ1n) is 5.78. The first kappa shape index (κ1) is 14.7. The highest BCUT2D eigenvalue weighted by molar-refractivity contribution is 6.34. The van der Waals surface area contributed by atoms with E-state index in [1.165, 1.54) is 7.11 Å². The van der Waals surface area contributed by atoms with Gasteiger partial charge >= 0.3 is 5.97 Å². The van der Waals surface area contributed by atoms with Gasteiger partial charge in [-0.2, -0.15) is 0 Å². The molecule has 0 saturated heterocycles. The molecule has 102 valence electrons. The molecule has 1 atom stereocenters. The largest absolute Gasteiger partial charge is 0.463 e. The van der Waals surface area contributed by atoms with Gasteiger partial charge in [0.1, 0.15) is 0 Å². The summed E-state index contributed by atoms with van der Waals surface area (Å²) in [5.41, 5.74) is 5.95. The number of hydrogen-bond acceptors (Lipinski definition) is 4. The van der Waals surface area contributed by atoms with Gasteiger partial charge in [-0.05, 0) is 19.1 Å². The SMILES string of the molecule is COC(=O)C(N)=NC[C@H](C)NC(=O)c1ccccc1. The summed E-state index contributed by atoms with van der Waals surface area (Å²) < 4.78 is 4.41. The Kier molecular flexibility index (Phi) is 5.53. The minimum Gasteiger partial charge on any atom is -0.463 e. The van der Waals surface area contributed by atoms with Gasteiger partial charge < -0.3 is 15.8 Å². The van der Waals surface area contributed by atoms with E-state index in [9.17, 15) is 9.59 Å². The summed E-state index contributed by atoms with van der Waals surface area (Å²) in [6.07, 6.45) is 0. The van der Waals surface area contributed by atoms with Crippen molar-refractivity contribution >= 4 is 17.7 Å². The summed E-state index contributed by atoms with van der Waals surface area (Å²) in [6, 6.07) is 8.60. The van der Waals surface area contributed by atoms with Crippen LogP contribution in [0.15, 0.2) is 35.3 Å². The van der Waals surface area contributed by atoms with Crippen molar-refractivity contribution < 1.29 is 14.3 Å². The van der Waals surface area contributed by atoms with Crippen LogP contribution >= 0.6 is 0 Å². The molecule has 3 N–H and O–H groups in total. The highest BCUT2D eigenvalue weighted by Gasteiger charge is 2.10. The van der Waals surface area contributed by atoms with Crippen LogP contribution in [0.1, 0.15) is 17.3 Å². The maximum Gasteiger partial charge on any atom is 0.373 e. The predicted octanol–water partition coefficient (Wildman–Crippen LogP) is 0.335. The Morgan fingerprint density at radius 2 is 2.00 bits per heavy atom. The zero-order chi connectivity index (χ0) is 14.3. The fourth-order valence-corrected chi connectivity index (χ4v) is 1.35. The van der Waals surface area contributed by atoms with Crippen LogP contribution in [0.2, 0.25) is 0 Å². The lowest BCUT2D eigenvalue weighted by Gasteiger charge is -2.11. The molecule has 19 heavy (non-hydrogen) atoms. The third-order valence-electron chi connectivity index (χ3n) is 2.34. The van der Waals surface area contributed by atoms with Crippen LogP contribution in [0.5, 0.6) is 0 Å². The number of esters is 1. The summed E-state index contributed by atoms with van der Waals surface area (Å²) in [7, 11) is 1.23. The van der Waals surface area contributed by atoms with Crippen molar-refractivity contribution in [3.63, 3.8) is 0 Å². The Hall–Kier alpha value is -2.37. The molecular weight excluding hydrogens is 246 g/mol. The van der Waals surface area contributed by atoms with Gasteiger partial charge in [0.2, 0.25) is 5.84 Å². The van der Waals surface area contributed by atoms with Crippen molar-refractivity contribution in [2.24, 2.45) is 10.7 Å². The molecule has 0 bridgehead atoms. The minimum absolute atomic E-state index is 0.195. The van der Waals surface area contributed by atoms with Crippen LogP contribution in [0.4, 0.5) is 0 Å². The molecule has 0 saturated carbocycles. The number of carbonyl (C=O) groups excluding carboxylic acids is 2. The lowest BCUT2D eigenvalue weighted by molar-refractivity contribution is -0.132. The molecule has 1 amide bonds. The van der Waals surface area contributed by atoms with E-state index in [1.807, 2.05) is 6.07 Å². The highest BCUT2D eigenvalue weighted by Crippen LogP contribution is 1.98. The van der Waals surface area contributed by atoms with E-state index in [-0.39, 0.29) is 24.3 Å². The Morgan fingerprint density at radius 1 is 1.37 bits per heavy atom. The normalized spacial score (nSPS) is 12.6. The van der Waals surface area contributed by atoms with Gasteiger partial charge in [0.05, 0.1) is 13.7 Å². The number of nitrogens with one attached hydrogen (secondary N) is 1. The van der Waals surface area contributed by atoms with Crippen molar-refractivity contribution in [2.75, 3.05) is 13.7 Å². The van der Waals surface area contributed by atoms with Crippen molar-refractivity contribution in [3.8, 4) is 0 Å². The first-order valence-corrected chi connectivity index (χ1v) is 5.78. The van der Waals surface area contributed by atoms with Crippen LogP contribution < -0.4 is 11.1 Å². The number of carbonyl (C=O) groups is 2. The Morgan fingerprint density at radius 3 is 2.58 bits per heavy atom. The second kappa shape index (κ2) is 7.15. The summed E-state index contributed by atoms with van der Waals surface area (Å²) in [6.45, 7) is 1.98. The topological polar surface area (TPSA) is 93.8 Å². The molecule has 6 nitrogen and oxygen atoms in total. The Labute approximate surface area is 111 Å². The van der Waals surface area contributed by atoms with E-state index in [4.69, 9.17) is 5.73 Å². The second-order valence-electron chi connectivity index (χ2n) is 3.96. The Balaban J connectivity index is 2.50. The molecule has 0 spiro atoms. The van der Waals surface area contributed by atoms with Gasteiger partial charge in [0.25, 0.3) is 5.91 Å². The molecule has 6 heteroatoms. The van der Waals surface area contributed by atoms with Gasteiger partial charge in [0, 0.05) is 11.6 Å². The molecule has 1 rings (SSSR count). The van der Waals surface area contributed by atoms with Crippen molar-refractivity contribution in [2.45, 2.75) is 13.0 Å². The smallest absolute Gasteiger partial charge is 0.373 e. The van der Waals surface area contributed by atoms with E-state index in [0.717, 1.165) is 0 Å². The van der Waals surface area contributed by atoms with Crippen LogP contribution in [-0.2, 0) is 9.53 Å². The maximum absolute atomic E-state index is 11.8. The predicted molar refractivity (Wildman–Crippen MR) is 71.9 cm³/mol. The molecule has 0 aliphatic rings. The molecule has 0 heterocycles. The minimum atomic E-state index is -0.679. The number of rotatable bonds is 4. The number of amidine groups is 1. The average molecular weight is 263 g/mol. The molecule has 1 aromatic rings. The van der Waals surface area contributed by atoms with E-state index in [1.54, 1.807) is 31.2 Å². The molecule has 0 fully saturated rings. The molecule has 0 radical (unpaired) electrons. The number of benzene rings is 1. The molecular formula is C13H17N3O3. The quantitative estimate of drug-likeness (QED) is 0.465. The standard InChI is InChI=1S/C13H17N3O3/c1-9(8-15-11(14)13(18)19-2)16-12(17)10-6-4-3-5-7-10/h3-7,9H,8H2,1-2H3,(H2,14,15)(H,16,17)/t9-/m0/s1. The fourth-order valence-electron chi connectivity index (χ4n) is 1.35. The Bertz CT molecular complexity index is 471. The lowest BCUT2D eigenvalue weighted by Crippen LogP contribution is -2.36. The zero-order valence-corrected chi connectivity index (χ0v) is 10.9. The summed E-state index contributed by atoms with van der Waals surface area (Å²) in [5, 5.41) is 2.75. The van der Waals surface area contributed by atoms with Crippen LogP contribution in [0.3, 0.4) is 0 Å². The van der Waals surface area contributed by atoms with Gasteiger partial charge in [-0.1, -0.05) is 18.2 Å². The summed E-state index contributed by atoms with van der Waals surface area (Å²) in [5.74, 6) is -1.08. The number of hydrogen-bond donors (Lipinski definition) is 2. The number of methoxy groups -OCH3 is 1. The van der Waals surface area contributed by atoms with Crippen molar-refractivity contribution in [1.29, 1.82) is 0 Å². The van der Waals surface area contributed by atoms with Crippen LogP contribution in [0, 0.1) is 0 Å². The van der Waals surface area contributed by atoms with Gasteiger partial charge in [-0.15, -0.1) is 0 Å². The molecule has 0 aliphatic heterocycles. The monoisotopic (exact) mass is 263 g/mol. The third kappa shape index (κ3) is 4.79. The summed E-state index contributed by atoms with van der Waals surface area (Å²) >= 11 is 0. The number of nitrogens with two attached hydrogens (primary N) is 1. The van der Waals surface area contributed by atoms with E-state index in [0.29, 0.717) is 5.56 Å². The van der Waals surface area contributed by atoms with Crippen LogP contribution in [0.25, 0.3) is 0 Å². The second-order valence-corrected chi connectivity index (χ2v) is 3.96. The number of amides is 1. The fraction of sp³-hybridized carbons (Fsp3) is 0.308. The lowest BCUT2D eigenvalue weighted by atomic mass is 10.2.